The van der Waals surface area contributed by atoms with E-state index in [9.17, 15) is 4.79 Å². The number of nitrogens with zero attached hydrogens (tertiary/aromatic N) is 3. The van der Waals surface area contributed by atoms with Gasteiger partial charge in [0.15, 0.2) is 0 Å². The number of thiazole rings is 1. The normalized spacial score (nSPS) is 11.3. The van der Waals surface area contributed by atoms with Crippen LogP contribution in [0.3, 0.4) is 0 Å². The molecule has 31 heavy (non-hydrogen) atoms. The number of carbonyl (C=O) groups excluding carboxylic acids is 1. The van der Waals surface area contributed by atoms with Crippen LogP contribution in [0.1, 0.15) is 16.2 Å². The largest absolute Gasteiger partial charge is 0.473 e. The monoisotopic (exact) mass is 433 g/mol. The number of carbonyl (C=O) groups is 1. The van der Waals surface area contributed by atoms with Crippen molar-refractivity contribution in [2.24, 2.45) is 0 Å². The molecule has 10 heteroatoms. The van der Waals surface area contributed by atoms with Gasteiger partial charge in [-0.1, -0.05) is 23.5 Å². The van der Waals surface area contributed by atoms with Crippen LogP contribution in [0.4, 0.5) is 5.82 Å². The number of nitrogens with two attached hydrogens (primary N) is 1. The lowest BCUT2D eigenvalue weighted by atomic mass is 10.1. The standard InChI is InChI=1S/C21H19N7O2S/c1-30-21-27-17(10-31-21)20(29)23-6-4-12-9-14-18(25-12)13-3-2-11(15-5-7-24-28-15)8-16(13)26-19(14)22/h2-3,5,7-10,25H,4,6H2,1H3,(H2,22,26)(H,23,29)(H,24,28). The van der Waals surface area contributed by atoms with E-state index in [1.54, 1.807) is 11.6 Å². The molecule has 0 bridgehead atoms. The number of hydrogen-bond acceptors (Lipinski definition) is 7. The molecular formula is C21H19N7O2S. The maximum Gasteiger partial charge on any atom is 0.273 e. The maximum atomic E-state index is 12.2. The first kappa shape index (κ1) is 19.1. The van der Waals surface area contributed by atoms with Crippen LogP contribution in [-0.2, 0) is 6.42 Å². The minimum Gasteiger partial charge on any atom is -0.473 e. The van der Waals surface area contributed by atoms with Crippen molar-refractivity contribution < 1.29 is 9.53 Å². The van der Waals surface area contributed by atoms with Gasteiger partial charge in [-0.2, -0.15) is 10.1 Å². The fourth-order valence-corrected chi connectivity index (χ4v) is 4.15. The molecule has 4 heterocycles. The fraction of sp³-hybridized carbons (Fsp3) is 0.143. The van der Waals surface area contributed by atoms with E-state index in [1.807, 2.05) is 30.3 Å². The number of fused-ring (bicyclic) bond motifs is 3. The van der Waals surface area contributed by atoms with Crippen LogP contribution in [0, 0.1) is 0 Å². The highest BCUT2D eigenvalue weighted by atomic mass is 32.1. The highest BCUT2D eigenvalue weighted by Gasteiger charge is 2.13. The van der Waals surface area contributed by atoms with Gasteiger partial charge in [0.2, 0.25) is 0 Å². The summed E-state index contributed by atoms with van der Waals surface area (Å²) in [4.78, 5) is 24.3. The first-order chi connectivity index (χ1) is 15.1. The lowest BCUT2D eigenvalue weighted by molar-refractivity contribution is 0.0949. The van der Waals surface area contributed by atoms with Crippen LogP contribution in [0.2, 0.25) is 0 Å². The molecule has 1 aromatic carbocycles. The predicted molar refractivity (Wildman–Crippen MR) is 120 cm³/mol. The molecule has 4 aromatic heterocycles. The van der Waals surface area contributed by atoms with E-state index in [-0.39, 0.29) is 5.91 Å². The average molecular weight is 433 g/mol. The molecule has 5 rings (SSSR count). The van der Waals surface area contributed by atoms with Gasteiger partial charge in [0.25, 0.3) is 11.1 Å². The summed E-state index contributed by atoms with van der Waals surface area (Å²) in [6.45, 7) is 0.459. The summed E-state index contributed by atoms with van der Waals surface area (Å²) in [5.74, 6) is 0.235. The molecule has 5 N–H and O–H groups in total. The van der Waals surface area contributed by atoms with E-state index < -0.39 is 0 Å². The van der Waals surface area contributed by atoms with Crippen molar-refractivity contribution in [3.63, 3.8) is 0 Å². The van der Waals surface area contributed by atoms with E-state index in [4.69, 9.17) is 10.5 Å². The molecule has 0 radical (unpaired) electrons. The molecule has 0 saturated heterocycles. The Labute approximate surface area is 180 Å². The number of aromatic amines is 2. The Morgan fingerprint density at radius 2 is 2.13 bits per heavy atom. The maximum absolute atomic E-state index is 12.2. The second-order valence-electron chi connectivity index (χ2n) is 6.99. The highest BCUT2D eigenvalue weighted by Crippen LogP contribution is 2.31. The van der Waals surface area contributed by atoms with Crippen molar-refractivity contribution >= 4 is 44.9 Å². The van der Waals surface area contributed by atoms with Gasteiger partial charge in [-0.3, -0.25) is 9.89 Å². The number of nitrogen functional groups attached to an aromatic ring is 1. The molecule has 0 atom stereocenters. The third-order valence-electron chi connectivity index (χ3n) is 5.04. The molecule has 9 nitrogen and oxygen atoms in total. The lowest BCUT2D eigenvalue weighted by Gasteiger charge is -2.05. The lowest BCUT2D eigenvalue weighted by Crippen LogP contribution is -2.26. The van der Waals surface area contributed by atoms with Crippen LogP contribution in [0.5, 0.6) is 5.19 Å². The van der Waals surface area contributed by atoms with Gasteiger partial charge in [-0.25, -0.2) is 4.98 Å². The number of H-pyrrole nitrogens is 2. The number of hydrogen-bond donors (Lipinski definition) is 4. The average Bonchev–Trinajstić information content (AvgIpc) is 3.53. The van der Waals surface area contributed by atoms with Crippen molar-refractivity contribution in [2.75, 3.05) is 19.4 Å². The van der Waals surface area contributed by atoms with Gasteiger partial charge >= 0.3 is 0 Å². The van der Waals surface area contributed by atoms with Crippen LogP contribution < -0.4 is 15.8 Å². The van der Waals surface area contributed by atoms with Crippen molar-refractivity contribution in [2.45, 2.75) is 6.42 Å². The van der Waals surface area contributed by atoms with Crippen LogP contribution in [-0.4, -0.2) is 44.7 Å². The summed E-state index contributed by atoms with van der Waals surface area (Å²) < 4.78 is 5.03. The number of benzene rings is 1. The Balaban J connectivity index is 1.37. The Morgan fingerprint density at radius 1 is 1.23 bits per heavy atom. The zero-order chi connectivity index (χ0) is 21.4. The summed E-state index contributed by atoms with van der Waals surface area (Å²) in [5.41, 5.74) is 11.2. The number of rotatable bonds is 6. The highest BCUT2D eigenvalue weighted by molar-refractivity contribution is 7.11. The van der Waals surface area contributed by atoms with Crippen molar-refractivity contribution in [3.05, 3.63) is 53.3 Å². The zero-order valence-corrected chi connectivity index (χ0v) is 17.4. The van der Waals surface area contributed by atoms with E-state index >= 15 is 0 Å². The number of nitrogens with one attached hydrogen (secondary N) is 3. The third-order valence-corrected chi connectivity index (χ3v) is 5.84. The van der Waals surface area contributed by atoms with Crippen molar-refractivity contribution in [1.29, 1.82) is 0 Å². The number of amides is 1. The van der Waals surface area contributed by atoms with E-state index in [1.165, 1.54) is 18.4 Å². The van der Waals surface area contributed by atoms with Crippen LogP contribution in [0.15, 0.2) is 41.9 Å². The second-order valence-corrected chi connectivity index (χ2v) is 7.81. The number of methoxy groups -OCH3 is 1. The smallest absolute Gasteiger partial charge is 0.273 e. The third kappa shape index (κ3) is 3.57. The molecule has 156 valence electrons. The molecule has 0 saturated carbocycles. The Bertz CT molecular complexity index is 1390. The minimum atomic E-state index is -0.228. The zero-order valence-electron chi connectivity index (χ0n) is 16.6. The summed E-state index contributed by atoms with van der Waals surface area (Å²) >= 11 is 1.29. The van der Waals surface area contributed by atoms with Gasteiger partial charge in [0, 0.05) is 46.6 Å². The number of pyridine rings is 1. The molecule has 1 amide bonds. The van der Waals surface area contributed by atoms with Crippen molar-refractivity contribution in [3.8, 4) is 16.5 Å². The minimum absolute atomic E-state index is 0.228. The topological polar surface area (TPSA) is 135 Å². The van der Waals surface area contributed by atoms with Gasteiger partial charge in [-0.05, 0) is 18.2 Å². The van der Waals surface area contributed by atoms with Gasteiger partial charge < -0.3 is 20.8 Å². The predicted octanol–water partition coefficient (Wildman–Crippen LogP) is 3.13. The van der Waals surface area contributed by atoms with Gasteiger partial charge in [-0.15, -0.1) is 0 Å². The van der Waals surface area contributed by atoms with E-state index in [2.05, 4.69) is 30.5 Å². The molecule has 5 aromatic rings. The molecule has 0 spiro atoms. The van der Waals surface area contributed by atoms with Crippen LogP contribution >= 0.6 is 11.3 Å². The summed E-state index contributed by atoms with van der Waals surface area (Å²) in [5, 5.41) is 13.8. The number of ether oxygens (including phenoxy) is 1. The Hall–Kier alpha value is -3.92. The van der Waals surface area contributed by atoms with Crippen LogP contribution in [0.25, 0.3) is 33.1 Å². The number of aromatic nitrogens is 5. The molecule has 0 unspecified atom stereocenters. The molecule has 0 fully saturated rings. The summed E-state index contributed by atoms with van der Waals surface area (Å²) in [6.07, 6.45) is 2.33. The van der Waals surface area contributed by atoms with Crippen molar-refractivity contribution in [1.82, 2.24) is 30.5 Å². The quantitative estimate of drug-likeness (QED) is 0.325. The molecule has 0 aliphatic rings. The van der Waals surface area contributed by atoms with Gasteiger partial charge in [0.1, 0.15) is 11.5 Å². The Kier molecular flexibility index (Phi) is 4.75. The number of anilines is 1. The Morgan fingerprint density at radius 3 is 2.90 bits per heavy atom. The second kappa shape index (κ2) is 7.73. The summed E-state index contributed by atoms with van der Waals surface area (Å²) in [7, 11) is 1.53. The first-order valence-electron chi connectivity index (χ1n) is 9.60. The van der Waals surface area contributed by atoms with E-state index in [0.717, 1.165) is 38.8 Å². The van der Waals surface area contributed by atoms with Gasteiger partial charge in [0.05, 0.1) is 23.8 Å². The molecule has 0 aliphatic carbocycles. The first-order valence-corrected chi connectivity index (χ1v) is 10.5. The summed E-state index contributed by atoms with van der Waals surface area (Å²) in [6, 6.07) is 9.93. The fourth-order valence-electron chi connectivity index (χ4n) is 3.53. The molecule has 0 aliphatic heterocycles. The SMILES string of the molecule is COc1nc(C(=O)NCCc2cc3c(N)nc4cc(-c5ccn[nH]5)ccc4c3[nH]2)cs1. The molecular weight excluding hydrogens is 414 g/mol. The van der Waals surface area contributed by atoms with E-state index in [0.29, 0.717) is 29.7 Å².